The highest BCUT2D eigenvalue weighted by Crippen LogP contribution is 2.20. The molecule has 0 aliphatic heterocycles. The maximum Gasteiger partial charge on any atom is 0.312 e. The molecule has 0 saturated carbocycles. The van der Waals surface area contributed by atoms with E-state index in [0.29, 0.717) is 11.2 Å². The maximum atomic E-state index is 12.2. The summed E-state index contributed by atoms with van der Waals surface area (Å²) in [5, 5.41) is 1.65. The predicted molar refractivity (Wildman–Crippen MR) is 90.2 cm³/mol. The maximum absolute atomic E-state index is 12.2. The molecule has 0 bridgehead atoms. The number of hydrogen-bond acceptors (Lipinski definition) is 5. The van der Waals surface area contributed by atoms with Gasteiger partial charge in [0.05, 0.1) is 11.1 Å². The van der Waals surface area contributed by atoms with Crippen LogP contribution in [0.2, 0.25) is 0 Å². The van der Waals surface area contributed by atoms with Crippen molar-refractivity contribution in [3.63, 3.8) is 0 Å². The van der Waals surface area contributed by atoms with E-state index in [4.69, 9.17) is 4.74 Å². The molecule has 2 rings (SSSR count). The summed E-state index contributed by atoms with van der Waals surface area (Å²) in [5.74, 6) is -0.291. The highest BCUT2D eigenvalue weighted by atomic mass is 32.1. The summed E-state index contributed by atoms with van der Waals surface area (Å²) in [4.78, 5) is 28.9. The van der Waals surface area contributed by atoms with Crippen molar-refractivity contribution in [3.05, 3.63) is 40.0 Å². The van der Waals surface area contributed by atoms with E-state index in [-0.39, 0.29) is 24.2 Å². The van der Waals surface area contributed by atoms with E-state index in [2.05, 4.69) is 11.9 Å². The molecule has 2 aromatic rings. The van der Waals surface area contributed by atoms with Crippen molar-refractivity contribution in [2.24, 2.45) is 4.99 Å². The molecule has 0 atom stereocenters. The number of aromatic nitrogens is 1. The lowest BCUT2D eigenvalue weighted by atomic mass is 10.1. The molecule has 1 heterocycles. The van der Waals surface area contributed by atoms with Crippen LogP contribution in [0.3, 0.4) is 0 Å². The second kappa shape index (κ2) is 7.87. The molecule has 0 amide bonds. The summed E-state index contributed by atoms with van der Waals surface area (Å²) in [6.45, 7) is 5.54. The summed E-state index contributed by atoms with van der Waals surface area (Å²) in [5.41, 5.74) is 1.92. The lowest BCUT2D eigenvalue weighted by Gasteiger charge is -2.06. The average Bonchev–Trinajstić information content (AvgIpc) is 2.96. The van der Waals surface area contributed by atoms with Gasteiger partial charge in [0.2, 0.25) is 11.8 Å². The highest BCUT2D eigenvalue weighted by Gasteiger charge is 2.15. The normalized spacial score (nSPS) is 11.5. The molecule has 0 radical (unpaired) electrons. The largest absolute Gasteiger partial charge is 0.408 e. The Hall–Kier alpha value is -2.21. The number of carbonyl (C=O) groups is 2. The predicted octanol–water partition coefficient (Wildman–Crippen LogP) is 3.71. The van der Waals surface area contributed by atoms with Crippen molar-refractivity contribution in [2.75, 3.05) is 0 Å². The van der Waals surface area contributed by atoms with E-state index in [0.717, 1.165) is 17.7 Å². The van der Waals surface area contributed by atoms with Crippen LogP contribution in [0.15, 0.2) is 34.6 Å². The summed E-state index contributed by atoms with van der Waals surface area (Å²) in [6, 6.07) is 7.80. The molecule has 0 saturated heterocycles. The van der Waals surface area contributed by atoms with Crippen LogP contribution in [0, 0.1) is 0 Å². The van der Waals surface area contributed by atoms with Crippen molar-refractivity contribution in [1.82, 2.24) is 4.57 Å². The van der Waals surface area contributed by atoms with Crippen molar-refractivity contribution < 1.29 is 14.3 Å². The molecule has 6 heteroatoms. The molecule has 1 aromatic carbocycles. The van der Waals surface area contributed by atoms with E-state index >= 15 is 0 Å². The fourth-order valence-corrected chi connectivity index (χ4v) is 2.86. The Balaban J connectivity index is 2.56. The molecule has 0 fully saturated rings. The Morgan fingerprint density at radius 2 is 1.91 bits per heavy atom. The third-order valence-electron chi connectivity index (χ3n) is 3.32. The SMILES string of the molecule is CCC(=O)Oc1csc(=Nc2ccccc2CC)n1C(=O)CC. The van der Waals surface area contributed by atoms with Gasteiger partial charge in [0.25, 0.3) is 0 Å². The molecule has 1 aromatic heterocycles. The number of aryl methyl sites for hydroxylation is 1. The minimum atomic E-state index is -0.374. The summed E-state index contributed by atoms with van der Waals surface area (Å²) in [6.07, 6.45) is 1.40. The minimum absolute atomic E-state index is 0.155. The number of para-hydroxylation sites is 1. The standard InChI is InChI=1S/C17H20N2O3S/c1-4-12-9-7-8-10-13(12)18-17-19(14(20)5-2)15(11-23-17)22-16(21)6-3/h7-11H,4-6H2,1-3H3. The fourth-order valence-electron chi connectivity index (χ4n) is 2.05. The second-order valence-electron chi connectivity index (χ2n) is 4.86. The van der Waals surface area contributed by atoms with Gasteiger partial charge in [0, 0.05) is 12.8 Å². The molecule has 23 heavy (non-hydrogen) atoms. The lowest BCUT2D eigenvalue weighted by molar-refractivity contribution is -0.134. The first-order chi connectivity index (χ1) is 11.1. The Morgan fingerprint density at radius 3 is 2.57 bits per heavy atom. The minimum Gasteiger partial charge on any atom is -0.408 e. The molecule has 0 aliphatic carbocycles. The smallest absolute Gasteiger partial charge is 0.312 e. The van der Waals surface area contributed by atoms with Gasteiger partial charge in [0.15, 0.2) is 4.80 Å². The zero-order valence-electron chi connectivity index (χ0n) is 13.5. The second-order valence-corrected chi connectivity index (χ2v) is 5.70. The van der Waals surface area contributed by atoms with Crippen LogP contribution < -0.4 is 9.54 Å². The van der Waals surface area contributed by atoms with Gasteiger partial charge in [-0.2, -0.15) is 0 Å². The molecular formula is C17H20N2O3S. The Labute approximate surface area is 139 Å². The topological polar surface area (TPSA) is 60.7 Å². The zero-order valence-corrected chi connectivity index (χ0v) is 14.4. The first-order valence-electron chi connectivity index (χ1n) is 7.67. The number of nitrogens with zero attached hydrogens (tertiary/aromatic N) is 2. The Kier molecular flexibility index (Phi) is 5.87. The van der Waals surface area contributed by atoms with Gasteiger partial charge in [-0.3, -0.25) is 9.59 Å². The molecule has 5 nitrogen and oxygen atoms in total. The molecule has 0 unspecified atom stereocenters. The first-order valence-corrected chi connectivity index (χ1v) is 8.55. The van der Waals surface area contributed by atoms with Gasteiger partial charge in [-0.05, 0) is 18.1 Å². The van der Waals surface area contributed by atoms with Crippen molar-refractivity contribution in [1.29, 1.82) is 0 Å². The molecule has 0 N–H and O–H groups in total. The van der Waals surface area contributed by atoms with Crippen LogP contribution in [0.4, 0.5) is 5.69 Å². The van der Waals surface area contributed by atoms with Crippen molar-refractivity contribution in [3.8, 4) is 5.88 Å². The lowest BCUT2D eigenvalue weighted by Crippen LogP contribution is -2.24. The third kappa shape index (κ3) is 3.96. The van der Waals surface area contributed by atoms with Crippen LogP contribution in [0.5, 0.6) is 5.88 Å². The van der Waals surface area contributed by atoms with E-state index in [1.807, 2.05) is 24.3 Å². The molecule has 122 valence electrons. The number of hydrogen-bond donors (Lipinski definition) is 0. The van der Waals surface area contributed by atoms with Gasteiger partial charge in [-0.25, -0.2) is 9.56 Å². The molecule has 0 aliphatic rings. The van der Waals surface area contributed by atoms with E-state index in [9.17, 15) is 9.59 Å². The third-order valence-corrected chi connectivity index (χ3v) is 4.13. The van der Waals surface area contributed by atoms with Crippen LogP contribution in [-0.4, -0.2) is 16.4 Å². The quantitative estimate of drug-likeness (QED) is 0.784. The fraction of sp³-hybridized carbons (Fsp3) is 0.353. The number of thiazole rings is 1. The number of ether oxygens (including phenoxy) is 1. The number of esters is 1. The van der Waals surface area contributed by atoms with Gasteiger partial charge in [0.1, 0.15) is 0 Å². The number of benzene rings is 1. The van der Waals surface area contributed by atoms with E-state index < -0.39 is 0 Å². The molecular weight excluding hydrogens is 312 g/mol. The monoisotopic (exact) mass is 332 g/mol. The Bertz CT molecular complexity index is 774. The number of carbonyl (C=O) groups excluding carboxylic acids is 2. The summed E-state index contributed by atoms with van der Waals surface area (Å²) < 4.78 is 6.63. The number of rotatable bonds is 5. The van der Waals surface area contributed by atoms with Crippen LogP contribution in [0.1, 0.15) is 44.0 Å². The molecule has 0 spiro atoms. The Morgan fingerprint density at radius 1 is 1.17 bits per heavy atom. The summed E-state index contributed by atoms with van der Waals surface area (Å²) >= 11 is 1.28. The van der Waals surface area contributed by atoms with Crippen LogP contribution in [-0.2, 0) is 11.2 Å². The van der Waals surface area contributed by atoms with Gasteiger partial charge in [-0.15, -0.1) is 11.3 Å². The van der Waals surface area contributed by atoms with Gasteiger partial charge in [-0.1, -0.05) is 39.0 Å². The first kappa shape index (κ1) is 17.1. The highest BCUT2D eigenvalue weighted by molar-refractivity contribution is 7.07. The van der Waals surface area contributed by atoms with Crippen molar-refractivity contribution >= 4 is 28.9 Å². The van der Waals surface area contributed by atoms with Gasteiger partial charge >= 0.3 is 5.97 Å². The van der Waals surface area contributed by atoms with Crippen LogP contribution >= 0.6 is 11.3 Å². The van der Waals surface area contributed by atoms with Crippen molar-refractivity contribution in [2.45, 2.75) is 40.0 Å². The van der Waals surface area contributed by atoms with Crippen LogP contribution in [0.25, 0.3) is 0 Å². The zero-order chi connectivity index (χ0) is 16.8. The van der Waals surface area contributed by atoms with E-state index in [1.54, 1.807) is 19.2 Å². The average molecular weight is 332 g/mol. The van der Waals surface area contributed by atoms with E-state index in [1.165, 1.54) is 15.9 Å². The van der Waals surface area contributed by atoms with Gasteiger partial charge < -0.3 is 4.74 Å². The summed E-state index contributed by atoms with van der Waals surface area (Å²) in [7, 11) is 0.